The minimum Gasteiger partial charge on any atom is -0.352 e. The summed E-state index contributed by atoms with van der Waals surface area (Å²) in [6.45, 7) is 5.41. The van der Waals surface area contributed by atoms with E-state index in [-0.39, 0.29) is 11.9 Å². The second kappa shape index (κ2) is 9.84. The average Bonchev–Trinajstić information content (AvgIpc) is 3.15. The SMILES string of the molecule is CCC(C)NC(=O)c1cccc(CNC(=NC)NCc2cccs2)c1. The molecule has 1 heterocycles. The van der Waals surface area contributed by atoms with Crippen LogP contribution in [0.3, 0.4) is 0 Å². The van der Waals surface area contributed by atoms with E-state index in [1.54, 1.807) is 18.4 Å². The van der Waals surface area contributed by atoms with E-state index in [1.807, 2.05) is 37.3 Å². The minimum absolute atomic E-state index is 0.0311. The molecule has 0 aliphatic heterocycles. The number of hydrogen-bond acceptors (Lipinski definition) is 3. The van der Waals surface area contributed by atoms with Gasteiger partial charge in [-0.05, 0) is 42.5 Å². The van der Waals surface area contributed by atoms with Gasteiger partial charge in [0.2, 0.25) is 0 Å². The molecule has 0 saturated heterocycles. The molecule has 134 valence electrons. The number of hydrogen-bond donors (Lipinski definition) is 3. The number of nitrogens with one attached hydrogen (secondary N) is 3. The van der Waals surface area contributed by atoms with Gasteiger partial charge in [-0.25, -0.2) is 0 Å². The molecule has 0 aliphatic carbocycles. The Balaban J connectivity index is 1.89. The molecule has 1 amide bonds. The van der Waals surface area contributed by atoms with Gasteiger partial charge in [0, 0.05) is 30.1 Å². The predicted octanol–water partition coefficient (Wildman–Crippen LogP) is 3.14. The highest BCUT2D eigenvalue weighted by Crippen LogP contribution is 2.08. The Bertz CT molecular complexity index is 697. The molecule has 0 aliphatic rings. The normalized spacial score (nSPS) is 12.5. The molecule has 0 bridgehead atoms. The van der Waals surface area contributed by atoms with Crippen LogP contribution < -0.4 is 16.0 Å². The smallest absolute Gasteiger partial charge is 0.251 e. The fourth-order valence-electron chi connectivity index (χ4n) is 2.22. The first kappa shape index (κ1) is 19.0. The Hall–Kier alpha value is -2.34. The number of nitrogens with zero attached hydrogens (tertiary/aromatic N) is 1. The number of aliphatic imine (C=N–C) groups is 1. The second-order valence-electron chi connectivity index (χ2n) is 5.84. The summed E-state index contributed by atoms with van der Waals surface area (Å²) in [5.74, 6) is 0.708. The minimum atomic E-state index is -0.0311. The molecule has 2 rings (SSSR count). The van der Waals surface area contributed by atoms with Crippen molar-refractivity contribution in [2.24, 2.45) is 4.99 Å². The maximum atomic E-state index is 12.2. The van der Waals surface area contributed by atoms with Crippen LogP contribution in [-0.2, 0) is 13.1 Å². The van der Waals surface area contributed by atoms with Crippen molar-refractivity contribution >= 4 is 23.2 Å². The van der Waals surface area contributed by atoms with Gasteiger partial charge in [-0.1, -0.05) is 25.1 Å². The highest BCUT2D eigenvalue weighted by molar-refractivity contribution is 7.09. The van der Waals surface area contributed by atoms with Crippen molar-refractivity contribution in [3.8, 4) is 0 Å². The quantitative estimate of drug-likeness (QED) is 0.526. The van der Waals surface area contributed by atoms with Crippen molar-refractivity contribution in [1.82, 2.24) is 16.0 Å². The zero-order valence-corrected chi connectivity index (χ0v) is 15.8. The van der Waals surface area contributed by atoms with Crippen LogP contribution >= 0.6 is 11.3 Å². The lowest BCUT2D eigenvalue weighted by Gasteiger charge is -2.13. The van der Waals surface area contributed by atoms with Crippen LogP contribution in [0.15, 0.2) is 46.8 Å². The van der Waals surface area contributed by atoms with Crippen LogP contribution in [0.5, 0.6) is 0 Å². The first-order valence-corrected chi connectivity index (χ1v) is 9.37. The molecule has 0 spiro atoms. The number of rotatable bonds is 7. The molecule has 2 aromatic rings. The molecule has 1 aromatic carbocycles. The van der Waals surface area contributed by atoms with Crippen molar-refractivity contribution in [1.29, 1.82) is 0 Å². The predicted molar refractivity (Wildman–Crippen MR) is 105 cm³/mol. The van der Waals surface area contributed by atoms with E-state index in [4.69, 9.17) is 0 Å². The van der Waals surface area contributed by atoms with E-state index in [0.717, 1.165) is 24.5 Å². The Morgan fingerprint density at radius 2 is 2.00 bits per heavy atom. The molecule has 3 N–H and O–H groups in total. The summed E-state index contributed by atoms with van der Waals surface area (Å²) in [5, 5.41) is 11.6. The molecule has 1 unspecified atom stereocenters. The molecule has 1 aromatic heterocycles. The zero-order valence-electron chi connectivity index (χ0n) is 15.0. The van der Waals surface area contributed by atoms with Gasteiger partial charge in [-0.2, -0.15) is 0 Å². The molecular weight excluding hydrogens is 332 g/mol. The van der Waals surface area contributed by atoms with Gasteiger partial charge in [0.15, 0.2) is 5.96 Å². The summed E-state index contributed by atoms with van der Waals surface area (Å²) in [5.41, 5.74) is 1.72. The third-order valence-electron chi connectivity index (χ3n) is 3.87. The molecule has 0 radical (unpaired) electrons. The van der Waals surface area contributed by atoms with Crippen molar-refractivity contribution in [2.45, 2.75) is 39.4 Å². The van der Waals surface area contributed by atoms with Crippen LogP contribution in [0.25, 0.3) is 0 Å². The summed E-state index contributed by atoms with van der Waals surface area (Å²) in [4.78, 5) is 17.7. The molecule has 0 fully saturated rings. The number of carbonyl (C=O) groups excluding carboxylic acids is 1. The Morgan fingerprint density at radius 3 is 2.68 bits per heavy atom. The van der Waals surface area contributed by atoms with Crippen LogP contribution in [0.2, 0.25) is 0 Å². The summed E-state index contributed by atoms with van der Waals surface area (Å²) >= 11 is 1.71. The third-order valence-corrected chi connectivity index (χ3v) is 4.75. The highest BCUT2D eigenvalue weighted by atomic mass is 32.1. The van der Waals surface area contributed by atoms with E-state index in [1.165, 1.54) is 4.88 Å². The number of amides is 1. The maximum absolute atomic E-state index is 12.2. The summed E-state index contributed by atoms with van der Waals surface area (Å²) in [6, 6.07) is 12.0. The van der Waals surface area contributed by atoms with Gasteiger partial charge in [0.1, 0.15) is 0 Å². The van der Waals surface area contributed by atoms with Crippen molar-refractivity contribution in [3.63, 3.8) is 0 Å². The van der Waals surface area contributed by atoms with Gasteiger partial charge in [0.25, 0.3) is 5.91 Å². The summed E-state index contributed by atoms with van der Waals surface area (Å²) in [7, 11) is 1.75. The molecular formula is C19H26N4OS. The van der Waals surface area contributed by atoms with Crippen LogP contribution in [0.4, 0.5) is 0 Å². The Kier molecular flexibility index (Phi) is 7.47. The molecule has 6 heteroatoms. The van der Waals surface area contributed by atoms with Gasteiger partial charge in [-0.15, -0.1) is 11.3 Å². The zero-order chi connectivity index (χ0) is 18.1. The Morgan fingerprint density at radius 1 is 1.20 bits per heavy atom. The van der Waals surface area contributed by atoms with Gasteiger partial charge < -0.3 is 16.0 Å². The van der Waals surface area contributed by atoms with Crippen molar-refractivity contribution in [2.75, 3.05) is 7.05 Å². The van der Waals surface area contributed by atoms with E-state index in [9.17, 15) is 4.79 Å². The molecule has 0 saturated carbocycles. The van der Waals surface area contributed by atoms with Crippen LogP contribution in [0, 0.1) is 0 Å². The standard InChI is InChI=1S/C19H26N4OS/c1-4-14(2)23-18(24)16-8-5-7-15(11-16)12-21-19(20-3)22-13-17-9-6-10-25-17/h5-11,14H,4,12-13H2,1-3H3,(H,23,24)(H2,20,21,22). The summed E-state index contributed by atoms with van der Waals surface area (Å²) < 4.78 is 0. The van der Waals surface area contributed by atoms with Gasteiger partial charge >= 0.3 is 0 Å². The molecule has 25 heavy (non-hydrogen) atoms. The first-order valence-electron chi connectivity index (χ1n) is 8.49. The fraction of sp³-hybridized carbons (Fsp3) is 0.368. The van der Waals surface area contributed by atoms with Crippen LogP contribution in [0.1, 0.15) is 41.1 Å². The number of carbonyl (C=O) groups is 1. The molecule has 5 nitrogen and oxygen atoms in total. The third kappa shape index (κ3) is 6.23. The summed E-state index contributed by atoms with van der Waals surface area (Å²) in [6.07, 6.45) is 0.916. The largest absolute Gasteiger partial charge is 0.352 e. The molecule has 1 atom stereocenters. The topological polar surface area (TPSA) is 65.5 Å². The highest BCUT2D eigenvalue weighted by Gasteiger charge is 2.09. The van der Waals surface area contributed by atoms with Crippen molar-refractivity contribution in [3.05, 3.63) is 57.8 Å². The average molecular weight is 359 g/mol. The lowest BCUT2D eigenvalue weighted by molar-refractivity contribution is 0.0939. The van der Waals surface area contributed by atoms with Crippen molar-refractivity contribution < 1.29 is 4.79 Å². The second-order valence-corrected chi connectivity index (χ2v) is 6.87. The Labute approximate surface area is 153 Å². The fourth-order valence-corrected chi connectivity index (χ4v) is 2.87. The monoisotopic (exact) mass is 358 g/mol. The van der Waals surface area contributed by atoms with Gasteiger partial charge in [0.05, 0.1) is 6.54 Å². The van der Waals surface area contributed by atoms with Gasteiger partial charge in [-0.3, -0.25) is 9.79 Å². The van der Waals surface area contributed by atoms with E-state index in [0.29, 0.717) is 12.1 Å². The van der Waals surface area contributed by atoms with E-state index < -0.39 is 0 Å². The lowest BCUT2D eigenvalue weighted by atomic mass is 10.1. The van der Waals surface area contributed by atoms with E-state index in [2.05, 4.69) is 39.3 Å². The number of thiophene rings is 1. The van der Waals surface area contributed by atoms with Crippen LogP contribution in [-0.4, -0.2) is 25.0 Å². The number of guanidine groups is 1. The lowest BCUT2D eigenvalue weighted by Crippen LogP contribution is -2.36. The number of benzene rings is 1. The maximum Gasteiger partial charge on any atom is 0.251 e. The van der Waals surface area contributed by atoms with E-state index >= 15 is 0 Å². The first-order chi connectivity index (χ1) is 12.1.